The smallest absolute Gasteiger partial charge is 0.341 e. The Labute approximate surface area is 220 Å². The van der Waals surface area contributed by atoms with Crippen LogP contribution in [-0.4, -0.2) is 52.2 Å². The molecule has 0 fully saturated rings. The number of carboxylic acid groups (broad SMARTS) is 2. The van der Waals surface area contributed by atoms with Gasteiger partial charge in [0.15, 0.2) is 18.1 Å². The molecule has 0 spiro atoms. The van der Waals surface area contributed by atoms with Crippen molar-refractivity contribution in [3.8, 4) is 23.0 Å². The number of imidazole rings is 1. The van der Waals surface area contributed by atoms with Crippen molar-refractivity contribution < 1.29 is 38.7 Å². The Bertz CT molecular complexity index is 1380. The first-order valence-corrected chi connectivity index (χ1v) is 12.2. The summed E-state index contributed by atoms with van der Waals surface area (Å²) in [6.45, 7) is 1.59. The van der Waals surface area contributed by atoms with Crippen molar-refractivity contribution >= 4 is 17.5 Å². The van der Waals surface area contributed by atoms with Crippen LogP contribution in [0.5, 0.6) is 23.0 Å². The monoisotopic (exact) mass is 522 g/mol. The molecule has 0 unspecified atom stereocenters. The van der Waals surface area contributed by atoms with Gasteiger partial charge >= 0.3 is 11.9 Å². The zero-order chi connectivity index (χ0) is 27.2. The Morgan fingerprint density at radius 2 is 1.89 bits per heavy atom. The van der Waals surface area contributed by atoms with E-state index in [9.17, 15) is 19.8 Å². The van der Waals surface area contributed by atoms with E-state index in [1.807, 2.05) is 11.6 Å². The molecule has 200 valence electrons. The summed E-state index contributed by atoms with van der Waals surface area (Å²) in [7, 11) is 3.32. The molecule has 0 radical (unpaired) electrons. The van der Waals surface area contributed by atoms with Gasteiger partial charge in [-0.05, 0) is 36.2 Å². The summed E-state index contributed by atoms with van der Waals surface area (Å²) in [5.74, 6) is 0.290. The molecule has 4 rings (SSSR count). The van der Waals surface area contributed by atoms with Crippen LogP contribution in [0.3, 0.4) is 0 Å². The molecule has 0 atom stereocenters. The minimum atomic E-state index is -1.16. The summed E-state index contributed by atoms with van der Waals surface area (Å²) in [6, 6.07) is 10.2. The van der Waals surface area contributed by atoms with E-state index in [1.165, 1.54) is 7.11 Å². The Morgan fingerprint density at radius 3 is 2.61 bits per heavy atom. The van der Waals surface area contributed by atoms with Crippen LogP contribution in [0.15, 0.2) is 48.2 Å². The minimum Gasteiger partial charge on any atom is -0.497 e. The molecule has 0 amide bonds. The molecular weight excluding hydrogens is 492 g/mol. The molecule has 1 aliphatic rings. The second kappa shape index (κ2) is 11.7. The number of fused-ring (bicyclic) bond motifs is 1. The summed E-state index contributed by atoms with van der Waals surface area (Å²) in [6.07, 6.45) is 4.36. The lowest BCUT2D eigenvalue weighted by atomic mass is 9.92. The molecule has 0 saturated carbocycles. The first-order chi connectivity index (χ1) is 18.3. The lowest BCUT2D eigenvalue weighted by Crippen LogP contribution is -2.14. The van der Waals surface area contributed by atoms with Gasteiger partial charge in [0, 0.05) is 37.1 Å². The van der Waals surface area contributed by atoms with Crippen molar-refractivity contribution in [3.05, 3.63) is 70.8 Å². The summed E-state index contributed by atoms with van der Waals surface area (Å²) >= 11 is 0. The van der Waals surface area contributed by atoms with E-state index in [0.29, 0.717) is 39.6 Å². The number of carbonyl (C=O) groups is 2. The largest absolute Gasteiger partial charge is 0.497 e. The highest BCUT2D eigenvalue weighted by Crippen LogP contribution is 2.39. The number of hydrogen-bond acceptors (Lipinski definition) is 7. The molecule has 1 aliphatic heterocycles. The van der Waals surface area contributed by atoms with Crippen LogP contribution < -0.4 is 18.9 Å². The fourth-order valence-electron chi connectivity index (χ4n) is 4.32. The lowest BCUT2D eigenvalue weighted by molar-refractivity contribution is -0.139. The van der Waals surface area contributed by atoms with E-state index >= 15 is 0 Å². The molecule has 0 aliphatic carbocycles. The van der Waals surface area contributed by atoms with Gasteiger partial charge in [-0.1, -0.05) is 19.4 Å². The Morgan fingerprint density at radius 1 is 1.11 bits per heavy atom. The molecule has 1 aromatic heterocycles. The summed E-state index contributed by atoms with van der Waals surface area (Å²) in [5, 5.41) is 19.7. The number of aliphatic carboxylic acids is 2. The van der Waals surface area contributed by atoms with Crippen LogP contribution in [0, 0.1) is 0 Å². The van der Waals surface area contributed by atoms with Gasteiger partial charge in [-0.3, -0.25) is 0 Å². The SMILES string of the molecule is CCCCc1ncc(C(=C(Cc2ccc3c(c2)OCO3)C(=O)O)c2ccc(OC)cc2OCC(=O)O)n1C. The average molecular weight is 523 g/mol. The van der Waals surface area contributed by atoms with Crippen LogP contribution in [-0.2, 0) is 29.5 Å². The van der Waals surface area contributed by atoms with Crippen molar-refractivity contribution in [2.75, 3.05) is 20.5 Å². The van der Waals surface area contributed by atoms with Crippen molar-refractivity contribution in [1.29, 1.82) is 0 Å². The van der Waals surface area contributed by atoms with Crippen LogP contribution in [0.25, 0.3) is 5.57 Å². The van der Waals surface area contributed by atoms with E-state index in [4.69, 9.17) is 18.9 Å². The van der Waals surface area contributed by atoms with Gasteiger partial charge in [0.25, 0.3) is 0 Å². The number of aromatic nitrogens is 2. The summed E-state index contributed by atoms with van der Waals surface area (Å²) in [4.78, 5) is 28.7. The maximum Gasteiger partial charge on any atom is 0.341 e. The Kier molecular flexibility index (Phi) is 8.20. The highest BCUT2D eigenvalue weighted by atomic mass is 16.7. The third-order valence-corrected chi connectivity index (χ3v) is 6.28. The zero-order valence-corrected chi connectivity index (χ0v) is 21.5. The van der Waals surface area contributed by atoms with E-state index in [0.717, 1.165) is 25.1 Å². The lowest BCUT2D eigenvalue weighted by Gasteiger charge is -2.19. The molecule has 0 bridgehead atoms. The van der Waals surface area contributed by atoms with Crippen molar-refractivity contribution in [2.45, 2.75) is 32.6 Å². The number of nitrogens with zero attached hydrogens (tertiary/aromatic N) is 2. The first kappa shape index (κ1) is 26.6. The molecule has 2 N–H and O–H groups in total. The fraction of sp³-hybridized carbons (Fsp3) is 0.321. The number of unbranched alkanes of at least 4 members (excludes halogenated alkanes) is 1. The number of hydrogen-bond donors (Lipinski definition) is 2. The predicted octanol–water partition coefficient (Wildman–Crippen LogP) is 4.09. The predicted molar refractivity (Wildman–Crippen MR) is 138 cm³/mol. The molecule has 10 heteroatoms. The highest BCUT2D eigenvalue weighted by Gasteiger charge is 2.26. The van der Waals surface area contributed by atoms with Gasteiger partial charge in [-0.2, -0.15) is 0 Å². The standard InChI is InChI=1S/C28H30N2O8/c1-4-5-6-25-29-14-21(30(25)2)27(19-9-8-18(35-3)13-23(19)36-15-26(31)32)20(28(33)34)11-17-7-10-22-24(12-17)38-16-37-22/h7-10,12-14H,4-6,11,15-16H2,1-3H3,(H,31,32)(H,33,34). The topological polar surface area (TPSA) is 129 Å². The molecule has 10 nitrogen and oxygen atoms in total. The van der Waals surface area contributed by atoms with E-state index in [-0.39, 0.29) is 24.5 Å². The van der Waals surface area contributed by atoms with Gasteiger partial charge in [-0.25, -0.2) is 14.6 Å². The van der Waals surface area contributed by atoms with Gasteiger partial charge in [0.05, 0.1) is 24.6 Å². The van der Waals surface area contributed by atoms with E-state index in [1.54, 1.807) is 42.6 Å². The van der Waals surface area contributed by atoms with Crippen molar-refractivity contribution in [1.82, 2.24) is 9.55 Å². The van der Waals surface area contributed by atoms with E-state index < -0.39 is 18.5 Å². The molecule has 0 saturated heterocycles. The average Bonchev–Trinajstić information content (AvgIpc) is 3.52. The fourth-order valence-corrected chi connectivity index (χ4v) is 4.32. The molecular formula is C28H30N2O8. The van der Waals surface area contributed by atoms with E-state index in [2.05, 4.69) is 11.9 Å². The third-order valence-electron chi connectivity index (χ3n) is 6.28. The highest BCUT2D eigenvalue weighted by molar-refractivity contribution is 6.01. The summed E-state index contributed by atoms with van der Waals surface area (Å²) in [5.41, 5.74) is 2.14. The zero-order valence-electron chi connectivity index (χ0n) is 21.5. The third kappa shape index (κ3) is 5.74. The van der Waals surface area contributed by atoms with Crippen LogP contribution in [0.4, 0.5) is 0 Å². The number of methoxy groups -OCH3 is 1. The Hall–Kier alpha value is -4.47. The van der Waals surface area contributed by atoms with Crippen LogP contribution >= 0.6 is 0 Å². The van der Waals surface area contributed by atoms with Crippen molar-refractivity contribution in [3.63, 3.8) is 0 Å². The van der Waals surface area contributed by atoms with Gasteiger partial charge in [0.2, 0.25) is 6.79 Å². The molecule has 2 heterocycles. The number of benzene rings is 2. The molecule has 3 aromatic rings. The molecule has 38 heavy (non-hydrogen) atoms. The summed E-state index contributed by atoms with van der Waals surface area (Å²) < 4.78 is 23.7. The van der Waals surface area contributed by atoms with Crippen LogP contribution in [0.1, 0.15) is 42.4 Å². The normalized spacial score (nSPS) is 12.7. The van der Waals surface area contributed by atoms with Crippen molar-refractivity contribution in [2.24, 2.45) is 7.05 Å². The molecule has 2 aromatic carbocycles. The number of rotatable bonds is 12. The Balaban J connectivity index is 1.92. The number of ether oxygens (including phenoxy) is 4. The van der Waals surface area contributed by atoms with Gasteiger partial charge in [-0.15, -0.1) is 0 Å². The maximum atomic E-state index is 12.8. The maximum absolute atomic E-state index is 12.8. The quantitative estimate of drug-likeness (QED) is 0.338. The van der Waals surface area contributed by atoms with Gasteiger partial charge in [0.1, 0.15) is 17.3 Å². The van der Waals surface area contributed by atoms with Gasteiger partial charge < -0.3 is 33.7 Å². The number of carboxylic acids is 2. The second-order valence-electron chi connectivity index (χ2n) is 8.79. The first-order valence-electron chi connectivity index (χ1n) is 12.2. The number of aryl methyl sites for hydroxylation is 1. The minimum absolute atomic E-state index is 0.0567. The van der Waals surface area contributed by atoms with Crippen LogP contribution in [0.2, 0.25) is 0 Å². The second-order valence-corrected chi connectivity index (χ2v) is 8.79.